The molecule has 0 unspecified atom stereocenters. The third kappa shape index (κ3) is 3.12. The second kappa shape index (κ2) is 6.07. The van der Waals surface area contributed by atoms with E-state index in [1.54, 1.807) is 0 Å². The van der Waals surface area contributed by atoms with Crippen molar-refractivity contribution >= 4 is 17.5 Å². The molecule has 21 heavy (non-hydrogen) atoms. The number of nitrogens with one attached hydrogen (secondary N) is 3. The van der Waals surface area contributed by atoms with E-state index in [0.717, 1.165) is 35.9 Å². The first-order valence-electron chi connectivity index (χ1n) is 7.14. The number of benzene rings is 1. The standard InChI is InChI=1S/C15H20N6/c1-10-3-2-4-11(7-10)19-14-12-8-17-9-13(12)20-15(21-14)18-6-5-16/h2-4,7,17H,5-6,8-9,16H2,1H3,(H2,18,19,20,21). The Morgan fingerprint density at radius 3 is 3.00 bits per heavy atom. The molecule has 1 aromatic carbocycles. The summed E-state index contributed by atoms with van der Waals surface area (Å²) in [5.41, 5.74) is 9.94. The molecule has 0 saturated heterocycles. The lowest BCUT2D eigenvalue weighted by Gasteiger charge is -2.12. The Balaban J connectivity index is 1.91. The van der Waals surface area contributed by atoms with E-state index >= 15 is 0 Å². The van der Waals surface area contributed by atoms with Crippen LogP contribution in [0.5, 0.6) is 0 Å². The number of nitrogens with zero attached hydrogens (tertiary/aromatic N) is 2. The molecule has 0 amide bonds. The Labute approximate surface area is 124 Å². The van der Waals surface area contributed by atoms with Gasteiger partial charge in [-0.2, -0.15) is 4.98 Å². The number of hydrogen-bond donors (Lipinski definition) is 4. The minimum atomic E-state index is 0.555. The third-order valence-corrected chi connectivity index (χ3v) is 3.40. The van der Waals surface area contributed by atoms with Gasteiger partial charge >= 0.3 is 0 Å². The van der Waals surface area contributed by atoms with Gasteiger partial charge in [0.15, 0.2) is 0 Å². The molecule has 5 N–H and O–H groups in total. The Kier molecular flexibility index (Phi) is 3.98. The highest BCUT2D eigenvalue weighted by Gasteiger charge is 2.19. The van der Waals surface area contributed by atoms with Gasteiger partial charge in [0.25, 0.3) is 0 Å². The Hall–Kier alpha value is -2.18. The van der Waals surface area contributed by atoms with Crippen LogP contribution in [0.1, 0.15) is 16.8 Å². The van der Waals surface area contributed by atoms with E-state index in [2.05, 4.69) is 45.0 Å². The van der Waals surface area contributed by atoms with Crippen LogP contribution in [0.15, 0.2) is 24.3 Å². The third-order valence-electron chi connectivity index (χ3n) is 3.40. The molecule has 110 valence electrons. The minimum absolute atomic E-state index is 0.555. The molecule has 3 rings (SSSR count). The predicted octanol–water partition coefficient (Wildman–Crippen LogP) is 1.50. The zero-order valence-electron chi connectivity index (χ0n) is 12.1. The van der Waals surface area contributed by atoms with Gasteiger partial charge in [-0.1, -0.05) is 12.1 Å². The molecule has 6 nitrogen and oxygen atoms in total. The van der Waals surface area contributed by atoms with Gasteiger partial charge in [-0.25, -0.2) is 4.98 Å². The summed E-state index contributed by atoms with van der Waals surface area (Å²) in [5.74, 6) is 1.48. The van der Waals surface area contributed by atoms with Crippen molar-refractivity contribution in [2.45, 2.75) is 20.0 Å². The first-order valence-corrected chi connectivity index (χ1v) is 7.14. The lowest BCUT2D eigenvalue weighted by molar-refractivity contribution is 0.758. The van der Waals surface area contributed by atoms with E-state index in [0.29, 0.717) is 19.0 Å². The molecule has 0 aliphatic carbocycles. The lowest BCUT2D eigenvalue weighted by atomic mass is 10.2. The van der Waals surface area contributed by atoms with Crippen LogP contribution < -0.4 is 21.7 Å². The largest absolute Gasteiger partial charge is 0.353 e. The van der Waals surface area contributed by atoms with E-state index in [1.165, 1.54) is 5.56 Å². The van der Waals surface area contributed by atoms with Gasteiger partial charge in [-0.05, 0) is 24.6 Å². The highest BCUT2D eigenvalue weighted by atomic mass is 15.2. The van der Waals surface area contributed by atoms with Crippen LogP contribution in [0, 0.1) is 6.92 Å². The first kappa shape index (κ1) is 13.8. The average Bonchev–Trinajstić information content (AvgIpc) is 2.94. The second-order valence-corrected chi connectivity index (χ2v) is 5.13. The van der Waals surface area contributed by atoms with Crippen LogP contribution in [0.4, 0.5) is 17.5 Å². The van der Waals surface area contributed by atoms with E-state index in [1.807, 2.05) is 12.1 Å². The zero-order chi connectivity index (χ0) is 14.7. The summed E-state index contributed by atoms with van der Waals surface area (Å²) in [6.45, 7) is 4.86. The van der Waals surface area contributed by atoms with Gasteiger partial charge in [0.05, 0.1) is 5.69 Å². The molecule has 1 aliphatic heterocycles. The molecule has 0 saturated carbocycles. The van der Waals surface area contributed by atoms with Crippen molar-refractivity contribution in [3.63, 3.8) is 0 Å². The maximum atomic E-state index is 5.52. The average molecular weight is 284 g/mol. The van der Waals surface area contributed by atoms with Gasteiger partial charge in [0, 0.05) is 37.4 Å². The molecule has 0 fully saturated rings. The molecule has 1 aromatic heterocycles. The van der Waals surface area contributed by atoms with E-state index < -0.39 is 0 Å². The Morgan fingerprint density at radius 2 is 2.19 bits per heavy atom. The topological polar surface area (TPSA) is 87.9 Å². The number of aromatic nitrogens is 2. The van der Waals surface area contributed by atoms with Crippen molar-refractivity contribution in [3.05, 3.63) is 41.1 Å². The number of fused-ring (bicyclic) bond motifs is 1. The van der Waals surface area contributed by atoms with Crippen LogP contribution in [0.2, 0.25) is 0 Å². The van der Waals surface area contributed by atoms with Crippen molar-refractivity contribution in [2.24, 2.45) is 5.73 Å². The smallest absolute Gasteiger partial charge is 0.224 e. The Bertz CT molecular complexity index is 640. The minimum Gasteiger partial charge on any atom is -0.353 e. The lowest BCUT2D eigenvalue weighted by Crippen LogP contribution is -2.16. The van der Waals surface area contributed by atoms with Crippen LogP contribution in [-0.2, 0) is 13.1 Å². The molecule has 1 aliphatic rings. The number of anilines is 3. The van der Waals surface area contributed by atoms with Gasteiger partial charge in [-0.15, -0.1) is 0 Å². The van der Waals surface area contributed by atoms with E-state index in [-0.39, 0.29) is 0 Å². The molecule has 0 bridgehead atoms. The van der Waals surface area contributed by atoms with Crippen molar-refractivity contribution < 1.29 is 0 Å². The van der Waals surface area contributed by atoms with Crippen molar-refractivity contribution in [3.8, 4) is 0 Å². The molecule has 6 heteroatoms. The molecule has 0 radical (unpaired) electrons. The maximum Gasteiger partial charge on any atom is 0.224 e. The Morgan fingerprint density at radius 1 is 1.29 bits per heavy atom. The number of hydrogen-bond acceptors (Lipinski definition) is 6. The number of nitrogens with two attached hydrogens (primary N) is 1. The molecule has 0 atom stereocenters. The van der Waals surface area contributed by atoms with E-state index in [9.17, 15) is 0 Å². The summed E-state index contributed by atoms with van der Waals surface area (Å²) in [5, 5.41) is 9.86. The summed E-state index contributed by atoms with van der Waals surface area (Å²) >= 11 is 0. The fourth-order valence-corrected chi connectivity index (χ4v) is 2.39. The van der Waals surface area contributed by atoms with Crippen LogP contribution in [0.3, 0.4) is 0 Å². The zero-order valence-corrected chi connectivity index (χ0v) is 12.1. The summed E-state index contributed by atoms with van der Waals surface area (Å²) in [6.07, 6.45) is 0. The molecule has 0 spiro atoms. The summed E-state index contributed by atoms with van der Waals surface area (Å²) in [7, 11) is 0. The van der Waals surface area contributed by atoms with Gasteiger partial charge in [-0.3, -0.25) is 0 Å². The van der Waals surface area contributed by atoms with Crippen molar-refractivity contribution in [1.29, 1.82) is 0 Å². The first-order chi connectivity index (χ1) is 10.3. The molecule has 2 aromatic rings. The summed E-state index contributed by atoms with van der Waals surface area (Å²) < 4.78 is 0. The van der Waals surface area contributed by atoms with Crippen LogP contribution in [0.25, 0.3) is 0 Å². The van der Waals surface area contributed by atoms with Crippen LogP contribution >= 0.6 is 0 Å². The number of aryl methyl sites for hydroxylation is 1. The maximum absolute atomic E-state index is 5.52. The predicted molar refractivity (Wildman–Crippen MR) is 84.6 cm³/mol. The van der Waals surface area contributed by atoms with Gasteiger partial charge in [0.2, 0.25) is 5.95 Å². The van der Waals surface area contributed by atoms with E-state index in [4.69, 9.17) is 5.73 Å². The van der Waals surface area contributed by atoms with Gasteiger partial charge < -0.3 is 21.7 Å². The normalized spacial score (nSPS) is 13.0. The fraction of sp³-hybridized carbons (Fsp3) is 0.333. The van der Waals surface area contributed by atoms with Gasteiger partial charge in [0.1, 0.15) is 5.82 Å². The highest BCUT2D eigenvalue weighted by Crippen LogP contribution is 2.26. The van der Waals surface area contributed by atoms with Crippen LogP contribution in [-0.4, -0.2) is 23.1 Å². The SMILES string of the molecule is Cc1cccc(Nc2nc(NCCN)nc3c2CNC3)c1. The fourth-order valence-electron chi connectivity index (χ4n) is 2.39. The quantitative estimate of drug-likeness (QED) is 0.665. The summed E-state index contributed by atoms with van der Waals surface area (Å²) in [6, 6.07) is 8.25. The summed E-state index contributed by atoms with van der Waals surface area (Å²) in [4.78, 5) is 9.11. The molecular formula is C15H20N6. The molecule has 2 heterocycles. The molecular weight excluding hydrogens is 264 g/mol. The highest BCUT2D eigenvalue weighted by molar-refractivity contribution is 5.62. The monoisotopic (exact) mass is 284 g/mol. The van der Waals surface area contributed by atoms with Crippen molar-refractivity contribution in [2.75, 3.05) is 23.7 Å². The number of rotatable bonds is 5. The second-order valence-electron chi connectivity index (χ2n) is 5.13. The van der Waals surface area contributed by atoms with Crippen molar-refractivity contribution in [1.82, 2.24) is 15.3 Å².